The summed E-state index contributed by atoms with van der Waals surface area (Å²) in [6, 6.07) is 0. The van der Waals surface area contributed by atoms with Gasteiger partial charge in [0.15, 0.2) is 0 Å². The highest BCUT2D eigenvalue weighted by atomic mass is 16.3. The number of rotatable bonds is 4. The van der Waals surface area contributed by atoms with Gasteiger partial charge in [-0.05, 0) is 30.7 Å². The van der Waals surface area contributed by atoms with Crippen LogP contribution in [-0.4, -0.2) is 18.3 Å². The molecule has 2 nitrogen and oxygen atoms in total. The van der Waals surface area contributed by atoms with Crippen LogP contribution in [0.3, 0.4) is 0 Å². The third-order valence-electron chi connectivity index (χ3n) is 3.42. The van der Waals surface area contributed by atoms with E-state index < -0.39 is 0 Å². The maximum Gasteiger partial charge on any atom is 0.0476 e. The zero-order valence-electron chi connectivity index (χ0n) is 7.34. The topological polar surface area (TPSA) is 46.2 Å². The molecule has 1 unspecified atom stereocenters. The van der Waals surface area contributed by atoms with Gasteiger partial charge in [-0.3, -0.25) is 0 Å². The third-order valence-corrected chi connectivity index (χ3v) is 3.42. The van der Waals surface area contributed by atoms with E-state index in [0.717, 1.165) is 0 Å². The molecule has 0 aliphatic heterocycles. The molecule has 66 valence electrons. The van der Waals surface area contributed by atoms with Crippen LogP contribution in [0.1, 0.15) is 32.6 Å². The molecule has 0 amide bonds. The van der Waals surface area contributed by atoms with Crippen molar-refractivity contribution in [2.75, 3.05) is 13.2 Å². The number of aliphatic hydroxyl groups is 1. The van der Waals surface area contributed by atoms with Gasteiger partial charge in [0.1, 0.15) is 0 Å². The molecule has 0 radical (unpaired) electrons. The maximum atomic E-state index is 9.08. The molecule has 0 aromatic rings. The molecule has 0 spiro atoms. The predicted molar refractivity (Wildman–Crippen MR) is 46.2 cm³/mol. The van der Waals surface area contributed by atoms with Crippen molar-refractivity contribution in [2.45, 2.75) is 32.6 Å². The second-order valence-electron chi connectivity index (χ2n) is 3.68. The van der Waals surface area contributed by atoms with Crippen molar-refractivity contribution >= 4 is 0 Å². The van der Waals surface area contributed by atoms with Crippen LogP contribution >= 0.6 is 0 Å². The van der Waals surface area contributed by atoms with E-state index in [2.05, 4.69) is 6.92 Å². The van der Waals surface area contributed by atoms with Gasteiger partial charge >= 0.3 is 0 Å². The van der Waals surface area contributed by atoms with Gasteiger partial charge in [0, 0.05) is 6.61 Å². The summed E-state index contributed by atoms with van der Waals surface area (Å²) < 4.78 is 0. The maximum absolute atomic E-state index is 9.08. The molecular weight excluding hydrogens is 138 g/mol. The minimum absolute atomic E-state index is 0.268. The lowest BCUT2D eigenvalue weighted by molar-refractivity contribution is 0.0139. The van der Waals surface area contributed by atoms with Gasteiger partial charge in [0.2, 0.25) is 0 Å². The molecular formula is C9H19NO. The average molecular weight is 157 g/mol. The van der Waals surface area contributed by atoms with Crippen molar-refractivity contribution in [1.82, 2.24) is 0 Å². The van der Waals surface area contributed by atoms with E-state index >= 15 is 0 Å². The van der Waals surface area contributed by atoms with Gasteiger partial charge in [-0.2, -0.15) is 0 Å². The summed E-state index contributed by atoms with van der Waals surface area (Å²) in [6.07, 6.45) is 5.04. The van der Waals surface area contributed by atoms with Crippen LogP contribution in [-0.2, 0) is 0 Å². The van der Waals surface area contributed by atoms with Crippen LogP contribution in [0.2, 0.25) is 0 Å². The van der Waals surface area contributed by atoms with Gasteiger partial charge in [-0.25, -0.2) is 0 Å². The van der Waals surface area contributed by atoms with Crippen LogP contribution in [0.25, 0.3) is 0 Å². The Morgan fingerprint density at radius 1 is 1.55 bits per heavy atom. The molecule has 1 aliphatic rings. The Hall–Kier alpha value is -0.0800. The molecule has 1 atom stereocenters. The molecule has 1 rings (SSSR count). The fourth-order valence-corrected chi connectivity index (χ4v) is 2.20. The molecule has 0 heterocycles. The lowest BCUT2D eigenvalue weighted by Gasteiger charge is -2.46. The zero-order chi connectivity index (χ0) is 8.32. The average Bonchev–Trinajstić information content (AvgIpc) is 1.96. The van der Waals surface area contributed by atoms with Crippen LogP contribution in [0.4, 0.5) is 0 Å². The largest absolute Gasteiger partial charge is 0.396 e. The van der Waals surface area contributed by atoms with Gasteiger partial charge in [0.25, 0.3) is 0 Å². The lowest BCUT2D eigenvalue weighted by atomic mass is 9.60. The van der Waals surface area contributed by atoms with E-state index in [1.165, 1.54) is 25.7 Å². The van der Waals surface area contributed by atoms with Crippen molar-refractivity contribution in [3.8, 4) is 0 Å². The molecule has 2 heteroatoms. The molecule has 1 fully saturated rings. The van der Waals surface area contributed by atoms with Gasteiger partial charge in [-0.1, -0.05) is 19.8 Å². The zero-order valence-corrected chi connectivity index (χ0v) is 7.34. The highest BCUT2D eigenvalue weighted by Crippen LogP contribution is 2.49. The Kier molecular flexibility index (Phi) is 2.90. The quantitative estimate of drug-likeness (QED) is 0.642. The number of nitrogens with two attached hydrogens (primary N) is 1. The summed E-state index contributed by atoms with van der Waals surface area (Å²) in [6.45, 7) is 3.12. The summed E-state index contributed by atoms with van der Waals surface area (Å²) in [5, 5.41) is 9.08. The molecule has 11 heavy (non-hydrogen) atoms. The van der Waals surface area contributed by atoms with Crippen LogP contribution in [0.15, 0.2) is 0 Å². The highest BCUT2D eigenvalue weighted by Gasteiger charge is 2.41. The molecule has 0 bridgehead atoms. The van der Waals surface area contributed by atoms with Crippen LogP contribution in [0.5, 0.6) is 0 Å². The predicted octanol–water partition coefficient (Wildman–Crippen LogP) is 1.13. The fourth-order valence-electron chi connectivity index (χ4n) is 2.20. The second kappa shape index (κ2) is 3.55. The summed E-state index contributed by atoms with van der Waals surface area (Å²) in [5.41, 5.74) is 6.00. The van der Waals surface area contributed by atoms with Crippen molar-refractivity contribution in [1.29, 1.82) is 0 Å². The Bertz CT molecular complexity index is 111. The van der Waals surface area contributed by atoms with Crippen molar-refractivity contribution < 1.29 is 5.11 Å². The Morgan fingerprint density at radius 2 is 2.18 bits per heavy atom. The smallest absolute Gasteiger partial charge is 0.0476 e. The number of hydrogen-bond donors (Lipinski definition) is 2. The summed E-state index contributed by atoms with van der Waals surface area (Å²) in [7, 11) is 0. The Balaban J connectivity index is 2.51. The molecule has 0 saturated heterocycles. The molecule has 1 aliphatic carbocycles. The first-order valence-electron chi connectivity index (χ1n) is 4.60. The summed E-state index contributed by atoms with van der Waals surface area (Å²) in [4.78, 5) is 0. The normalized spacial score (nSPS) is 24.3. The molecule has 0 aromatic heterocycles. The highest BCUT2D eigenvalue weighted by molar-refractivity contribution is 4.92. The second-order valence-corrected chi connectivity index (χ2v) is 3.68. The number of hydrogen-bond acceptors (Lipinski definition) is 2. The monoisotopic (exact) mass is 157 g/mol. The minimum Gasteiger partial charge on any atom is -0.396 e. The van der Waals surface area contributed by atoms with Crippen molar-refractivity contribution in [3.05, 3.63) is 0 Å². The standard InChI is InChI=1S/C9H19NO/c1-2-9(4-3-5-9)8(6-10)7-11/h8,11H,2-7,10H2,1H3. The summed E-state index contributed by atoms with van der Waals surface area (Å²) in [5.74, 6) is 0.348. The first kappa shape index (κ1) is 9.01. The van der Waals surface area contributed by atoms with E-state index in [9.17, 15) is 0 Å². The SMILES string of the molecule is CCC1(C(CN)CO)CCC1. The van der Waals surface area contributed by atoms with E-state index in [-0.39, 0.29) is 6.61 Å². The van der Waals surface area contributed by atoms with Crippen LogP contribution in [0, 0.1) is 11.3 Å². The molecule has 1 saturated carbocycles. The Labute approximate surface area is 68.8 Å². The first-order valence-corrected chi connectivity index (χ1v) is 4.60. The van der Waals surface area contributed by atoms with E-state index in [4.69, 9.17) is 10.8 Å². The first-order chi connectivity index (χ1) is 5.29. The number of aliphatic hydroxyl groups excluding tert-OH is 1. The van der Waals surface area contributed by atoms with Crippen LogP contribution < -0.4 is 5.73 Å². The van der Waals surface area contributed by atoms with E-state index in [1.54, 1.807) is 0 Å². The van der Waals surface area contributed by atoms with Crippen molar-refractivity contribution in [3.63, 3.8) is 0 Å². The van der Waals surface area contributed by atoms with Gasteiger partial charge in [0.05, 0.1) is 0 Å². The minimum atomic E-state index is 0.268. The lowest BCUT2D eigenvalue weighted by Crippen LogP contribution is -2.42. The van der Waals surface area contributed by atoms with E-state index in [0.29, 0.717) is 17.9 Å². The van der Waals surface area contributed by atoms with Crippen molar-refractivity contribution in [2.24, 2.45) is 17.1 Å². The third kappa shape index (κ3) is 1.42. The fraction of sp³-hybridized carbons (Fsp3) is 1.00. The Morgan fingerprint density at radius 3 is 2.27 bits per heavy atom. The summed E-state index contributed by atoms with van der Waals surface area (Å²) >= 11 is 0. The van der Waals surface area contributed by atoms with Gasteiger partial charge < -0.3 is 10.8 Å². The molecule has 3 N–H and O–H groups in total. The van der Waals surface area contributed by atoms with Gasteiger partial charge in [-0.15, -0.1) is 0 Å². The molecule has 0 aromatic carbocycles. The van der Waals surface area contributed by atoms with E-state index in [1.807, 2.05) is 0 Å².